The maximum Gasteiger partial charge on any atom is 0.0802 e. The van der Waals surface area contributed by atoms with Crippen LogP contribution in [-0.4, -0.2) is 34.1 Å². The van der Waals surface area contributed by atoms with Crippen molar-refractivity contribution in [1.82, 2.24) is 0 Å². The molecule has 0 radical (unpaired) electrons. The Morgan fingerprint density at radius 1 is 1.10 bits per heavy atom. The molecule has 3 nitrogen and oxygen atoms in total. The molecule has 10 heavy (non-hydrogen) atoms. The van der Waals surface area contributed by atoms with Gasteiger partial charge in [-0.25, -0.2) is 0 Å². The van der Waals surface area contributed by atoms with Gasteiger partial charge in [0.2, 0.25) is 0 Å². The molecule has 0 aromatic heterocycles. The lowest BCUT2D eigenvalue weighted by atomic mass is 9.86. The Hall–Kier alpha value is -0.120. The summed E-state index contributed by atoms with van der Waals surface area (Å²) in [6.45, 7) is 0.129. The highest BCUT2D eigenvalue weighted by Gasteiger charge is 2.26. The highest BCUT2D eigenvalue weighted by atomic mass is 16.3. The fourth-order valence-electron chi connectivity index (χ4n) is 1.38. The van der Waals surface area contributed by atoms with Crippen LogP contribution in [0.4, 0.5) is 0 Å². The molecule has 0 saturated heterocycles. The molecule has 0 spiro atoms. The van der Waals surface area contributed by atoms with Crippen molar-refractivity contribution in [2.24, 2.45) is 5.92 Å². The summed E-state index contributed by atoms with van der Waals surface area (Å²) >= 11 is 0. The van der Waals surface area contributed by atoms with E-state index in [1.165, 1.54) is 0 Å². The minimum atomic E-state index is -0.620. The molecular formula is C7H14O3. The molecule has 0 aromatic carbocycles. The van der Waals surface area contributed by atoms with Crippen molar-refractivity contribution in [1.29, 1.82) is 0 Å². The predicted octanol–water partition coefficient (Wildman–Crippen LogP) is -0.499. The molecule has 1 rings (SSSR count). The molecule has 3 N–H and O–H groups in total. The van der Waals surface area contributed by atoms with E-state index >= 15 is 0 Å². The molecule has 1 fully saturated rings. The summed E-state index contributed by atoms with van der Waals surface area (Å²) < 4.78 is 0. The summed E-state index contributed by atoms with van der Waals surface area (Å²) in [6, 6.07) is 0. The zero-order valence-corrected chi connectivity index (χ0v) is 5.90. The summed E-state index contributed by atoms with van der Waals surface area (Å²) in [5, 5.41) is 26.9. The zero-order valence-electron chi connectivity index (χ0n) is 5.90. The largest absolute Gasteiger partial charge is 0.396 e. The van der Waals surface area contributed by atoms with Gasteiger partial charge in [0.05, 0.1) is 12.2 Å². The highest BCUT2D eigenvalue weighted by molar-refractivity contribution is 4.78. The lowest BCUT2D eigenvalue weighted by Crippen LogP contribution is -2.34. The average molecular weight is 146 g/mol. The molecule has 60 valence electrons. The standard InChI is InChI=1S/C7H14O3/c8-4-5-1-2-6(9)7(10)3-5/h5-10H,1-4H2/t5-,6?,7-/m1/s1. The molecule has 0 amide bonds. The van der Waals surface area contributed by atoms with Crippen molar-refractivity contribution in [3.63, 3.8) is 0 Å². The second-order valence-corrected chi connectivity index (χ2v) is 3.00. The number of hydrogen-bond donors (Lipinski definition) is 3. The maximum absolute atomic E-state index is 9.12. The lowest BCUT2D eigenvalue weighted by molar-refractivity contribution is -0.0333. The molecular weight excluding hydrogens is 132 g/mol. The SMILES string of the molecule is OC[C@@H]1CCC(O)[C@H](O)C1. The Kier molecular flexibility index (Phi) is 2.65. The van der Waals surface area contributed by atoms with E-state index in [1.807, 2.05) is 0 Å². The molecule has 0 aromatic rings. The zero-order chi connectivity index (χ0) is 7.56. The Morgan fingerprint density at radius 3 is 2.30 bits per heavy atom. The Labute approximate surface area is 60.3 Å². The van der Waals surface area contributed by atoms with Crippen LogP contribution in [0.25, 0.3) is 0 Å². The van der Waals surface area contributed by atoms with Gasteiger partial charge in [0.15, 0.2) is 0 Å². The van der Waals surface area contributed by atoms with E-state index < -0.39 is 12.2 Å². The summed E-state index contributed by atoms with van der Waals surface area (Å²) in [6.07, 6.45) is 0.799. The van der Waals surface area contributed by atoms with Crippen LogP contribution in [0.5, 0.6) is 0 Å². The number of aliphatic hydroxyl groups is 3. The molecule has 1 aliphatic carbocycles. The fourth-order valence-corrected chi connectivity index (χ4v) is 1.38. The molecule has 1 saturated carbocycles. The van der Waals surface area contributed by atoms with E-state index in [-0.39, 0.29) is 12.5 Å². The summed E-state index contributed by atoms with van der Waals surface area (Å²) in [5.41, 5.74) is 0. The van der Waals surface area contributed by atoms with Gasteiger partial charge in [-0.15, -0.1) is 0 Å². The minimum absolute atomic E-state index is 0.129. The topological polar surface area (TPSA) is 60.7 Å². The third kappa shape index (κ3) is 1.68. The van der Waals surface area contributed by atoms with Crippen LogP contribution in [0.15, 0.2) is 0 Å². The van der Waals surface area contributed by atoms with Crippen LogP contribution in [0, 0.1) is 5.92 Å². The quantitative estimate of drug-likeness (QED) is 0.467. The Bertz CT molecular complexity index is 105. The Morgan fingerprint density at radius 2 is 1.80 bits per heavy atom. The first-order valence-electron chi connectivity index (χ1n) is 3.71. The van der Waals surface area contributed by atoms with Crippen molar-refractivity contribution in [3.05, 3.63) is 0 Å². The molecule has 0 bridgehead atoms. The van der Waals surface area contributed by atoms with Crippen molar-refractivity contribution >= 4 is 0 Å². The van der Waals surface area contributed by atoms with Gasteiger partial charge in [0, 0.05) is 6.61 Å². The summed E-state index contributed by atoms with van der Waals surface area (Å²) in [7, 11) is 0. The summed E-state index contributed by atoms with van der Waals surface area (Å²) in [5.74, 6) is 0.193. The van der Waals surface area contributed by atoms with Crippen molar-refractivity contribution in [3.8, 4) is 0 Å². The van der Waals surface area contributed by atoms with Gasteiger partial charge in [-0.3, -0.25) is 0 Å². The first-order valence-corrected chi connectivity index (χ1v) is 3.71. The van der Waals surface area contributed by atoms with E-state index in [2.05, 4.69) is 0 Å². The van der Waals surface area contributed by atoms with Gasteiger partial charge in [-0.05, 0) is 25.2 Å². The van der Waals surface area contributed by atoms with E-state index in [4.69, 9.17) is 15.3 Å². The van der Waals surface area contributed by atoms with E-state index in [1.54, 1.807) is 0 Å². The summed E-state index contributed by atoms with van der Waals surface area (Å²) in [4.78, 5) is 0. The molecule has 0 heterocycles. The van der Waals surface area contributed by atoms with Crippen LogP contribution < -0.4 is 0 Å². The van der Waals surface area contributed by atoms with Gasteiger partial charge in [-0.1, -0.05) is 0 Å². The molecule has 3 heteroatoms. The fraction of sp³-hybridized carbons (Fsp3) is 1.00. The van der Waals surface area contributed by atoms with Gasteiger partial charge in [0.1, 0.15) is 0 Å². The average Bonchev–Trinajstić information content (AvgIpc) is 1.95. The van der Waals surface area contributed by atoms with E-state index in [0.717, 1.165) is 6.42 Å². The van der Waals surface area contributed by atoms with Crippen molar-refractivity contribution in [2.75, 3.05) is 6.61 Å². The maximum atomic E-state index is 9.12. The van der Waals surface area contributed by atoms with Gasteiger partial charge in [0.25, 0.3) is 0 Å². The second kappa shape index (κ2) is 3.32. The van der Waals surface area contributed by atoms with Crippen LogP contribution in [0.3, 0.4) is 0 Å². The second-order valence-electron chi connectivity index (χ2n) is 3.00. The molecule has 3 atom stereocenters. The predicted molar refractivity (Wildman–Crippen MR) is 36.4 cm³/mol. The van der Waals surface area contributed by atoms with E-state index in [9.17, 15) is 0 Å². The van der Waals surface area contributed by atoms with Gasteiger partial charge in [-0.2, -0.15) is 0 Å². The highest BCUT2D eigenvalue weighted by Crippen LogP contribution is 2.23. The molecule has 0 aliphatic heterocycles. The third-order valence-corrected chi connectivity index (χ3v) is 2.15. The van der Waals surface area contributed by atoms with Gasteiger partial charge >= 0.3 is 0 Å². The van der Waals surface area contributed by atoms with Crippen molar-refractivity contribution < 1.29 is 15.3 Å². The van der Waals surface area contributed by atoms with Crippen LogP contribution in [0.2, 0.25) is 0 Å². The van der Waals surface area contributed by atoms with Crippen LogP contribution in [-0.2, 0) is 0 Å². The van der Waals surface area contributed by atoms with Crippen LogP contribution >= 0.6 is 0 Å². The number of hydrogen-bond acceptors (Lipinski definition) is 3. The van der Waals surface area contributed by atoms with Crippen LogP contribution in [0.1, 0.15) is 19.3 Å². The first-order chi connectivity index (χ1) is 4.74. The number of aliphatic hydroxyl groups excluding tert-OH is 3. The molecule has 1 unspecified atom stereocenters. The first kappa shape index (κ1) is 7.98. The normalized spacial score (nSPS) is 41.7. The van der Waals surface area contributed by atoms with E-state index in [0.29, 0.717) is 12.8 Å². The smallest absolute Gasteiger partial charge is 0.0802 e. The van der Waals surface area contributed by atoms with Crippen molar-refractivity contribution in [2.45, 2.75) is 31.5 Å². The third-order valence-electron chi connectivity index (χ3n) is 2.15. The lowest BCUT2D eigenvalue weighted by Gasteiger charge is -2.28. The minimum Gasteiger partial charge on any atom is -0.396 e. The van der Waals surface area contributed by atoms with Gasteiger partial charge < -0.3 is 15.3 Å². The monoisotopic (exact) mass is 146 g/mol. The Balaban J connectivity index is 2.33. The molecule has 1 aliphatic rings. The number of rotatable bonds is 1.